The number of imide groups is 1. The van der Waals surface area contributed by atoms with Gasteiger partial charge in [0.25, 0.3) is 5.79 Å². The normalized spacial score (nSPS) is 31.6. The van der Waals surface area contributed by atoms with Gasteiger partial charge in [-0.2, -0.15) is 0 Å². The van der Waals surface area contributed by atoms with Gasteiger partial charge in [0.1, 0.15) is 43.1 Å². The van der Waals surface area contributed by atoms with Gasteiger partial charge in [-0.25, -0.2) is 14.5 Å². The highest BCUT2D eigenvalue weighted by molar-refractivity contribution is 5.93. The van der Waals surface area contributed by atoms with Crippen molar-refractivity contribution in [3.8, 4) is 0 Å². The average Bonchev–Trinajstić information content (AvgIpc) is 3.38. The first-order chi connectivity index (χ1) is 23.6. The number of ether oxygens (including phenoxy) is 9. The molecule has 2 N–H and O–H groups in total. The number of hydrogen-bond acceptors (Lipinski definition) is 18. The molecule has 3 rings (SSSR count). The number of carbonyl (C=O) groups excluding carboxylic acids is 6. The first-order valence-electron chi connectivity index (χ1n) is 15.7. The summed E-state index contributed by atoms with van der Waals surface area (Å²) in [6, 6.07) is -2.89. The van der Waals surface area contributed by atoms with Gasteiger partial charge in [0.2, 0.25) is 5.91 Å². The van der Waals surface area contributed by atoms with E-state index in [0.29, 0.717) is 17.7 Å². The van der Waals surface area contributed by atoms with E-state index in [-0.39, 0.29) is 6.61 Å². The molecule has 3 aliphatic heterocycles. The van der Waals surface area contributed by atoms with Crippen molar-refractivity contribution < 1.29 is 81.6 Å². The van der Waals surface area contributed by atoms with Crippen molar-refractivity contribution in [2.75, 3.05) is 26.9 Å². The Morgan fingerprint density at radius 2 is 1.78 bits per heavy atom. The Labute approximate surface area is 285 Å². The fourth-order valence-corrected chi connectivity index (χ4v) is 5.89. The molecular formula is C29H42N4O17. The second kappa shape index (κ2) is 17.7. The Hall–Kier alpha value is -4.11. The second-order valence-electron chi connectivity index (χ2n) is 11.6. The third-order valence-corrected chi connectivity index (χ3v) is 7.99. The predicted molar refractivity (Wildman–Crippen MR) is 159 cm³/mol. The quantitative estimate of drug-likeness (QED) is 0.0552. The van der Waals surface area contributed by atoms with Crippen molar-refractivity contribution in [3.63, 3.8) is 0 Å². The summed E-state index contributed by atoms with van der Waals surface area (Å²) in [5.74, 6) is -7.28. The van der Waals surface area contributed by atoms with Crippen LogP contribution >= 0.6 is 0 Å². The zero-order chi connectivity index (χ0) is 37.3. The summed E-state index contributed by atoms with van der Waals surface area (Å²) in [4.78, 5) is 78.9. The molecule has 3 fully saturated rings. The molecule has 2 amide bonds. The van der Waals surface area contributed by atoms with E-state index >= 15 is 0 Å². The van der Waals surface area contributed by atoms with E-state index < -0.39 is 122 Å². The zero-order valence-corrected chi connectivity index (χ0v) is 28.3. The van der Waals surface area contributed by atoms with Crippen LogP contribution in [0.15, 0.2) is 5.11 Å². The van der Waals surface area contributed by atoms with Crippen LogP contribution in [0, 0.1) is 0 Å². The predicted octanol–water partition coefficient (Wildman–Crippen LogP) is -0.234. The van der Waals surface area contributed by atoms with Crippen molar-refractivity contribution in [1.82, 2.24) is 4.90 Å². The van der Waals surface area contributed by atoms with Crippen LogP contribution in [0.2, 0.25) is 0 Å². The molecule has 3 heterocycles. The van der Waals surface area contributed by atoms with Gasteiger partial charge in [-0.3, -0.25) is 19.2 Å². The van der Waals surface area contributed by atoms with Crippen LogP contribution in [-0.4, -0.2) is 145 Å². The van der Waals surface area contributed by atoms with Crippen molar-refractivity contribution in [2.45, 2.75) is 121 Å². The van der Waals surface area contributed by atoms with Gasteiger partial charge in [0.05, 0.1) is 26.2 Å². The maximum Gasteiger partial charge on any atom is 0.417 e. The van der Waals surface area contributed by atoms with E-state index in [1.807, 2.05) is 6.92 Å². The molecule has 3 unspecified atom stereocenters. The summed E-state index contributed by atoms with van der Waals surface area (Å²) in [5, 5.41) is 24.9. The van der Waals surface area contributed by atoms with E-state index in [9.17, 15) is 39.0 Å². The SMILES string of the molecule is CCCCO[C@H]1C(CO[C@]2(C(=O)OC)C[C@H]3OC(=O)N(C(C)=O)[C@H]3C([C@H](OC(C)=O)[C@@H](COC(C)=O)OC(C)=O)O2)O[C@@H](O)[C@@H](N=[N+]=[N-])C1O. The first kappa shape index (κ1) is 40.3. The van der Waals surface area contributed by atoms with Gasteiger partial charge < -0.3 is 52.8 Å². The Morgan fingerprint density at radius 1 is 1.10 bits per heavy atom. The van der Waals surface area contributed by atoms with E-state index in [1.165, 1.54) is 0 Å². The van der Waals surface area contributed by atoms with Crippen molar-refractivity contribution in [2.24, 2.45) is 5.11 Å². The lowest BCUT2D eigenvalue weighted by atomic mass is 9.88. The molecule has 0 aliphatic carbocycles. The van der Waals surface area contributed by atoms with Crippen LogP contribution in [0.5, 0.6) is 0 Å². The summed E-state index contributed by atoms with van der Waals surface area (Å²) >= 11 is 0. The minimum Gasteiger partial charge on any atom is -0.465 e. The zero-order valence-electron chi connectivity index (χ0n) is 28.3. The number of esters is 4. The number of methoxy groups -OCH3 is 1. The average molecular weight is 719 g/mol. The molecule has 3 saturated heterocycles. The Bertz CT molecular complexity index is 1330. The molecule has 11 atom stereocenters. The van der Waals surface area contributed by atoms with E-state index in [2.05, 4.69) is 10.0 Å². The maximum absolute atomic E-state index is 13.6. The third kappa shape index (κ3) is 9.36. The smallest absolute Gasteiger partial charge is 0.417 e. The Balaban J connectivity index is 2.11. The highest BCUT2D eigenvalue weighted by atomic mass is 16.8. The molecule has 0 aromatic rings. The molecule has 21 heteroatoms. The number of azide groups is 1. The number of fused-ring (bicyclic) bond motifs is 1. The molecule has 21 nitrogen and oxygen atoms in total. The number of unbranched alkanes of at least 4 members (excludes halogenated alkanes) is 1. The molecule has 0 saturated carbocycles. The lowest BCUT2D eigenvalue weighted by molar-refractivity contribution is -0.329. The van der Waals surface area contributed by atoms with Crippen molar-refractivity contribution in [3.05, 3.63) is 10.4 Å². The summed E-state index contributed by atoms with van der Waals surface area (Å²) in [5.41, 5.74) is 8.94. The summed E-state index contributed by atoms with van der Waals surface area (Å²) in [7, 11) is 0.984. The molecule has 0 spiro atoms. The Kier molecular flexibility index (Phi) is 14.3. The maximum atomic E-state index is 13.6. The molecule has 0 aromatic heterocycles. The molecule has 3 aliphatic rings. The second-order valence-corrected chi connectivity index (χ2v) is 11.6. The third-order valence-electron chi connectivity index (χ3n) is 7.99. The van der Waals surface area contributed by atoms with Crippen LogP contribution in [0.4, 0.5) is 4.79 Å². The lowest BCUT2D eigenvalue weighted by Crippen LogP contribution is -2.67. The van der Waals surface area contributed by atoms with E-state index in [1.54, 1.807) is 0 Å². The Morgan fingerprint density at radius 3 is 2.34 bits per heavy atom. The van der Waals surface area contributed by atoms with Gasteiger partial charge in [-0.05, 0) is 12.0 Å². The van der Waals surface area contributed by atoms with Crippen LogP contribution < -0.4 is 0 Å². The molecule has 0 radical (unpaired) electrons. The number of nitrogens with zero attached hydrogens (tertiary/aromatic N) is 4. The lowest BCUT2D eigenvalue weighted by Gasteiger charge is -2.47. The summed E-state index contributed by atoms with van der Waals surface area (Å²) in [6.07, 6.45) is -13.1. The minimum atomic E-state index is -2.55. The van der Waals surface area contributed by atoms with Gasteiger partial charge >= 0.3 is 30.0 Å². The van der Waals surface area contributed by atoms with Crippen LogP contribution in [0.1, 0.15) is 53.9 Å². The number of aliphatic hydroxyl groups excluding tert-OH is 2. The largest absolute Gasteiger partial charge is 0.465 e. The topological polar surface area (TPSA) is 278 Å². The number of amides is 2. The standard InChI is InChI=1S/C29H42N4O17/c1-7-8-9-43-23-19(48-26(39)20(22(23)38)31-32-30)12-45-29(27(40)42-6)10-17-21(33(13(2)34)28(41)49-17)25(50-29)24(47-16(5)37)18(46-15(4)36)11-44-14(3)35/h17-26,38-39H,7-12H2,1-6H3/t17-,18-,19?,20+,21-,22?,23+,24-,25?,26-,29-/m1/s1. The van der Waals surface area contributed by atoms with Gasteiger partial charge in [0, 0.05) is 39.2 Å². The van der Waals surface area contributed by atoms with Crippen molar-refractivity contribution >= 4 is 35.9 Å². The molecular weight excluding hydrogens is 676 g/mol. The van der Waals surface area contributed by atoms with Crippen LogP contribution in [0.3, 0.4) is 0 Å². The van der Waals surface area contributed by atoms with E-state index in [0.717, 1.165) is 34.8 Å². The van der Waals surface area contributed by atoms with Gasteiger partial charge in [-0.1, -0.05) is 18.5 Å². The number of carbonyl (C=O) groups is 6. The molecule has 50 heavy (non-hydrogen) atoms. The molecule has 280 valence electrons. The number of aliphatic hydroxyl groups is 2. The minimum absolute atomic E-state index is 0.114. The molecule has 0 bridgehead atoms. The van der Waals surface area contributed by atoms with Crippen LogP contribution in [0.25, 0.3) is 10.4 Å². The number of rotatable bonds is 15. The van der Waals surface area contributed by atoms with E-state index in [4.69, 9.17) is 48.2 Å². The van der Waals surface area contributed by atoms with Crippen LogP contribution in [-0.2, 0) is 66.6 Å². The van der Waals surface area contributed by atoms with Gasteiger partial charge in [-0.15, -0.1) is 0 Å². The summed E-state index contributed by atoms with van der Waals surface area (Å²) in [6.45, 7) is 4.73. The first-order valence-corrected chi connectivity index (χ1v) is 15.7. The fourth-order valence-electron chi connectivity index (χ4n) is 5.89. The molecule has 0 aromatic carbocycles. The summed E-state index contributed by atoms with van der Waals surface area (Å²) < 4.78 is 50.0. The number of hydrogen-bond donors (Lipinski definition) is 2. The monoisotopic (exact) mass is 718 g/mol. The van der Waals surface area contributed by atoms with Gasteiger partial charge in [0.15, 0.2) is 18.5 Å². The highest BCUT2D eigenvalue weighted by Gasteiger charge is 2.64. The highest BCUT2D eigenvalue weighted by Crippen LogP contribution is 2.42. The fraction of sp³-hybridized carbons (Fsp3) is 0.793. The van der Waals surface area contributed by atoms with Crippen molar-refractivity contribution in [1.29, 1.82) is 0 Å².